The third-order valence-corrected chi connectivity index (χ3v) is 5.35. The minimum atomic E-state index is -0.762. The molecule has 1 amide bonds. The monoisotopic (exact) mass is 305 g/mol. The zero-order chi connectivity index (χ0) is 14.9. The van der Waals surface area contributed by atoms with Crippen LogP contribution < -0.4 is 5.32 Å². The van der Waals surface area contributed by atoms with Crippen LogP contribution in [0.15, 0.2) is 24.3 Å². The molecule has 4 nitrogen and oxygen atoms in total. The molecule has 21 heavy (non-hydrogen) atoms. The number of carbonyl (C=O) groups is 2. The molecule has 2 N–H and O–H groups in total. The van der Waals surface area contributed by atoms with Gasteiger partial charge in [-0.25, -0.2) is 0 Å². The SMILES string of the molecule is O=C(O)CCSCc1cccc(NC(=O)C2CC23CC3)c1. The molecule has 5 heteroatoms. The summed E-state index contributed by atoms with van der Waals surface area (Å²) < 4.78 is 0. The van der Waals surface area contributed by atoms with Crippen molar-refractivity contribution >= 4 is 29.3 Å². The van der Waals surface area contributed by atoms with Gasteiger partial charge in [0.25, 0.3) is 0 Å². The first-order chi connectivity index (χ1) is 10.1. The summed E-state index contributed by atoms with van der Waals surface area (Å²) in [5.41, 5.74) is 2.34. The number of thioether (sulfide) groups is 1. The number of hydrogen-bond acceptors (Lipinski definition) is 3. The van der Waals surface area contributed by atoms with Crippen molar-refractivity contribution in [3.8, 4) is 0 Å². The van der Waals surface area contributed by atoms with E-state index in [1.165, 1.54) is 12.8 Å². The summed E-state index contributed by atoms with van der Waals surface area (Å²) in [4.78, 5) is 22.5. The average Bonchev–Trinajstić information content (AvgIpc) is 3.36. The van der Waals surface area contributed by atoms with Gasteiger partial charge < -0.3 is 10.4 Å². The standard InChI is InChI=1S/C16H19NO3S/c18-14(19)4-7-21-10-11-2-1-3-12(8-11)17-15(20)13-9-16(13)5-6-16/h1-3,8,13H,4-7,9-10H2,(H,17,20)(H,18,19). The van der Waals surface area contributed by atoms with Crippen molar-refractivity contribution in [1.29, 1.82) is 0 Å². The highest BCUT2D eigenvalue weighted by Crippen LogP contribution is 2.70. The van der Waals surface area contributed by atoms with E-state index in [4.69, 9.17) is 5.11 Å². The number of anilines is 1. The Balaban J connectivity index is 1.48. The smallest absolute Gasteiger partial charge is 0.304 e. The number of rotatable bonds is 7. The van der Waals surface area contributed by atoms with Gasteiger partial charge in [-0.15, -0.1) is 0 Å². The fourth-order valence-corrected chi connectivity index (χ4v) is 3.63. The lowest BCUT2D eigenvalue weighted by molar-refractivity contribution is -0.136. The Morgan fingerprint density at radius 3 is 2.86 bits per heavy atom. The van der Waals surface area contributed by atoms with Crippen LogP contribution in [0.25, 0.3) is 0 Å². The Morgan fingerprint density at radius 2 is 2.19 bits per heavy atom. The average molecular weight is 305 g/mol. The Hall–Kier alpha value is -1.49. The lowest BCUT2D eigenvalue weighted by Gasteiger charge is -2.07. The third kappa shape index (κ3) is 3.59. The highest BCUT2D eigenvalue weighted by atomic mass is 32.2. The third-order valence-electron chi connectivity index (χ3n) is 4.32. The van der Waals surface area contributed by atoms with Gasteiger partial charge in [0.2, 0.25) is 5.91 Å². The van der Waals surface area contributed by atoms with E-state index >= 15 is 0 Å². The first-order valence-electron chi connectivity index (χ1n) is 7.28. The molecule has 1 aromatic rings. The van der Waals surface area contributed by atoms with Gasteiger partial charge in [-0.1, -0.05) is 12.1 Å². The molecule has 0 heterocycles. The maximum atomic E-state index is 12.1. The topological polar surface area (TPSA) is 66.4 Å². The summed E-state index contributed by atoms with van der Waals surface area (Å²) in [6, 6.07) is 7.82. The quantitative estimate of drug-likeness (QED) is 0.760. The van der Waals surface area contributed by atoms with Crippen molar-refractivity contribution in [2.75, 3.05) is 11.1 Å². The number of carboxylic acid groups (broad SMARTS) is 1. The molecular formula is C16H19NO3S. The summed E-state index contributed by atoms with van der Waals surface area (Å²) in [5.74, 6) is 0.997. The van der Waals surface area contributed by atoms with Crippen molar-refractivity contribution in [2.24, 2.45) is 11.3 Å². The molecule has 2 aliphatic carbocycles. The highest BCUT2D eigenvalue weighted by molar-refractivity contribution is 7.98. The molecule has 1 aromatic carbocycles. The summed E-state index contributed by atoms with van der Waals surface area (Å²) in [7, 11) is 0. The lowest BCUT2D eigenvalue weighted by Crippen LogP contribution is -2.15. The molecule has 0 bridgehead atoms. The van der Waals surface area contributed by atoms with Gasteiger partial charge in [-0.3, -0.25) is 9.59 Å². The summed E-state index contributed by atoms with van der Waals surface area (Å²) >= 11 is 1.60. The first kappa shape index (κ1) is 14.4. The molecule has 0 saturated heterocycles. The summed E-state index contributed by atoms with van der Waals surface area (Å²) in [5, 5.41) is 11.6. The van der Waals surface area contributed by atoms with Crippen LogP contribution >= 0.6 is 11.8 Å². The number of amides is 1. The summed E-state index contributed by atoms with van der Waals surface area (Å²) in [6.45, 7) is 0. The Bertz CT molecular complexity index is 568. The summed E-state index contributed by atoms with van der Waals surface area (Å²) in [6.07, 6.45) is 3.67. The van der Waals surface area contributed by atoms with Gasteiger partial charge in [-0.2, -0.15) is 11.8 Å². The van der Waals surface area contributed by atoms with Gasteiger partial charge in [0.05, 0.1) is 6.42 Å². The predicted molar refractivity (Wildman–Crippen MR) is 83.3 cm³/mol. The van der Waals surface area contributed by atoms with Crippen LogP contribution in [0.5, 0.6) is 0 Å². The van der Waals surface area contributed by atoms with E-state index in [0.717, 1.165) is 23.4 Å². The Labute approximate surface area is 128 Å². The van der Waals surface area contributed by atoms with Gasteiger partial charge in [0.1, 0.15) is 0 Å². The zero-order valence-electron chi connectivity index (χ0n) is 11.8. The molecular weight excluding hydrogens is 286 g/mol. The van der Waals surface area contributed by atoms with Crippen LogP contribution in [0.1, 0.15) is 31.2 Å². The van der Waals surface area contributed by atoms with Crippen LogP contribution in [-0.4, -0.2) is 22.7 Å². The van der Waals surface area contributed by atoms with Gasteiger partial charge in [0, 0.05) is 23.1 Å². The lowest BCUT2D eigenvalue weighted by atomic mass is 10.2. The van der Waals surface area contributed by atoms with Crippen LogP contribution in [-0.2, 0) is 15.3 Å². The van der Waals surface area contributed by atoms with Crippen molar-refractivity contribution in [3.05, 3.63) is 29.8 Å². The fraction of sp³-hybridized carbons (Fsp3) is 0.500. The second-order valence-corrected chi connectivity index (χ2v) is 7.11. The van der Waals surface area contributed by atoms with Crippen LogP contribution in [0, 0.1) is 11.3 Å². The highest BCUT2D eigenvalue weighted by Gasteiger charge is 2.65. The van der Waals surface area contributed by atoms with Crippen molar-refractivity contribution in [1.82, 2.24) is 0 Å². The molecule has 112 valence electrons. The van der Waals surface area contributed by atoms with Gasteiger partial charge in [0.15, 0.2) is 0 Å². The molecule has 0 radical (unpaired) electrons. The number of carboxylic acids is 1. The predicted octanol–water partition coefficient (Wildman–Crippen LogP) is 3.13. The molecule has 2 saturated carbocycles. The molecule has 1 atom stereocenters. The van der Waals surface area contributed by atoms with Crippen molar-refractivity contribution in [3.63, 3.8) is 0 Å². The number of hydrogen-bond donors (Lipinski definition) is 2. The molecule has 1 unspecified atom stereocenters. The Kier molecular flexibility index (Phi) is 3.93. The molecule has 0 aliphatic heterocycles. The van der Waals surface area contributed by atoms with E-state index in [-0.39, 0.29) is 18.2 Å². The number of benzene rings is 1. The molecule has 2 fully saturated rings. The maximum absolute atomic E-state index is 12.1. The second-order valence-electron chi connectivity index (χ2n) is 6.01. The largest absolute Gasteiger partial charge is 0.481 e. The fourth-order valence-electron chi connectivity index (χ4n) is 2.75. The first-order valence-corrected chi connectivity index (χ1v) is 8.44. The number of carbonyl (C=O) groups excluding carboxylic acids is 1. The number of nitrogens with one attached hydrogen (secondary N) is 1. The zero-order valence-corrected chi connectivity index (χ0v) is 12.6. The Morgan fingerprint density at radius 1 is 1.38 bits per heavy atom. The molecule has 1 spiro atoms. The molecule has 3 rings (SSSR count). The van der Waals surface area contributed by atoms with E-state index in [1.54, 1.807) is 11.8 Å². The van der Waals surface area contributed by atoms with Crippen LogP contribution in [0.3, 0.4) is 0 Å². The minimum absolute atomic E-state index is 0.156. The maximum Gasteiger partial charge on any atom is 0.304 e. The van der Waals surface area contributed by atoms with Crippen molar-refractivity contribution < 1.29 is 14.7 Å². The number of aliphatic carboxylic acids is 1. The van der Waals surface area contributed by atoms with Crippen LogP contribution in [0.2, 0.25) is 0 Å². The van der Waals surface area contributed by atoms with E-state index in [1.807, 2.05) is 24.3 Å². The van der Waals surface area contributed by atoms with Gasteiger partial charge >= 0.3 is 5.97 Å². The van der Waals surface area contributed by atoms with E-state index in [0.29, 0.717) is 11.2 Å². The van der Waals surface area contributed by atoms with Gasteiger partial charge in [-0.05, 0) is 42.4 Å². The van der Waals surface area contributed by atoms with E-state index in [2.05, 4.69) is 5.32 Å². The molecule has 0 aromatic heterocycles. The second kappa shape index (κ2) is 5.72. The molecule has 2 aliphatic rings. The minimum Gasteiger partial charge on any atom is -0.481 e. The van der Waals surface area contributed by atoms with E-state index in [9.17, 15) is 9.59 Å². The van der Waals surface area contributed by atoms with E-state index < -0.39 is 5.97 Å². The van der Waals surface area contributed by atoms with Crippen molar-refractivity contribution in [2.45, 2.75) is 31.4 Å². The van der Waals surface area contributed by atoms with Crippen LogP contribution in [0.4, 0.5) is 5.69 Å². The normalized spacial score (nSPS) is 21.0.